The first-order valence-corrected chi connectivity index (χ1v) is 21.8. The van der Waals surface area contributed by atoms with Crippen LogP contribution in [0.25, 0.3) is 22.3 Å². The summed E-state index contributed by atoms with van der Waals surface area (Å²) in [5.41, 5.74) is 1.05. The van der Waals surface area contributed by atoms with Crippen molar-refractivity contribution in [2.24, 2.45) is 18.4 Å². The summed E-state index contributed by atoms with van der Waals surface area (Å²) in [6.07, 6.45) is 4.63. The fourth-order valence-corrected chi connectivity index (χ4v) is 9.19. The molecule has 4 heterocycles. The Bertz CT molecular complexity index is 2910. The standard InChI is InChI=1S/C46H47F2N7O6S/c1-7-59-43(56)29(2)22-30-12-11-13-31(23-30)46(5)20-19-45(3,4)28-60-40-27-54(52-50-40)26-36-34-18-21-55(62(57,58)33-14-9-8-10-15-33)39(34)25-38(48)41(36)61-32-16-17-37(47)35(24-32)42-49-44(46)51-53(42)6/h8-18,21,23-25,27,29H,7,19-20,22,26,28H2,1-6H3. The van der Waals surface area contributed by atoms with Gasteiger partial charge in [0.15, 0.2) is 23.2 Å². The topological polar surface area (TPSA) is 145 Å². The Morgan fingerprint density at radius 3 is 2.53 bits per heavy atom. The van der Waals surface area contributed by atoms with Gasteiger partial charge in [0.05, 0.1) is 53.3 Å². The van der Waals surface area contributed by atoms with Crippen LogP contribution >= 0.6 is 0 Å². The van der Waals surface area contributed by atoms with Crippen LogP contribution in [0.1, 0.15) is 70.0 Å². The fourth-order valence-electron chi connectivity index (χ4n) is 7.83. The van der Waals surface area contributed by atoms with Gasteiger partial charge in [-0.1, -0.05) is 73.5 Å². The van der Waals surface area contributed by atoms with Gasteiger partial charge in [0.1, 0.15) is 11.6 Å². The molecule has 62 heavy (non-hydrogen) atoms. The summed E-state index contributed by atoms with van der Waals surface area (Å²) in [6.45, 7) is 10.3. The molecule has 1 aliphatic rings. The van der Waals surface area contributed by atoms with E-state index in [4.69, 9.17) is 24.3 Å². The Morgan fingerprint density at radius 1 is 0.968 bits per heavy atom. The van der Waals surface area contributed by atoms with Gasteiger partial charge in [0.25, 0.3) is 15.9 Å². The van der Waals surface area contributed by atoms with Crippen molar-refractivity contribution in [3.05, 3.63) is 131 Å². The van der Waals surface area contributed by atoms with Crippen LogP contribution in [0.3, 0.4) is 0 Å². The number of benzene rings is 4. The number of fused-ring (bicyclic) bond motifs is 10. The Kier molecular flexibility index (Phi) is 11.2. The van der Waals surface area contributed by atoms with Gasteiger partial charge in [-0.15, -0.1) is 0 Å². The number of hydrogen-bond acceptors (Lipinski definition) is 10. The van der Waals surface area contributed by atoms with E-state index in [0.717, 1.165) is 21.2 Å². The van der Waals surface area contributed by atoms with E-state index < -0.39 is 32.5 Å². The summed E-state index contributed by atoms with van der Waals surface area (Å²) in [5.74, 6) is -1.31. The number of hydrogen-bond donors (Lipinski definition) is 0. The molecule has 2 unspecified atom stereocenters. The highest BCUT2D eigenvalue weighted by Gasteiger charge is 2.37. The SMILES string of the molecule is CCOC(=O)C(C)Cc1cccc(C2(C)CCC(C)(C)COc3cn(nn3)Cc3c(c(F)cc4c3ccn4S(=O)(=O)c3ccccc3)Oc3ccc(F)c(c3)-c3nc2nn3C)c1. The number of rotatable bonds is 7. The molecule has 7 aromatic rings. The number of esters is 1. The molecule has 322 valence electrons. The van der Waals surface area contributed by atoms with Crippen LogP contribution in [-0.4, -0.2) is 61.3 Å². The monoisotopic (exact) mass is 863 g/mol. The lowest BCUT2D eigenvalue weighted by molar-refractivity contribution is -0.147. The van der Waals surface area contributed by atoms with Gasteiger partial charge in [-0.2, -0.15) is 5.10 Å². The number of ether oxygens (including phenoxy) is 3. The molecule has 0 saturated carbocycles. The zero-order chi connectivity index (χ0) is 44.0. The molecule has 0 amide bonds. The summed E-state index contributed by atoms with van der Waals surface area (Å²) in [5, 5.41) is 13.8. The summed E-state index contributed by atoms with van der Waals surface area (Å²) in [4.78, 5) is 17.6. The average molecular weight is 864 g/mol. The van der Waals surface area contributed by atoms with Crippen LogP contribution in [0.2, 0.25) is 0 Å². The Labute approximate surface area is 358 Å². The maximum Gasteiger partial charge on any atom is 0.308 e. The van der Waals surface area contributed by atoms with E-state index >= 15 is 8.78 Å². The van der Waals surface area contributed by atoms with Crippen LogP contribution in [0.4, 0.5) is 8.78 Å². The van der Waals surface area contributed by atoms with Crippen LogP contribution in [0.15, 0.2) is 102 Å². The fraction of sp³-hybridized carbons (Fsp3) is 0.326. The van der Waals surface area contributed by atoms with Gasteiger partial charge in [-0.25, -0.2) is 35.5 Å². The molecular weight excluding hydrogens is 817 g/mol. The third-order valence-corrected chi connectivity index (χ3v) is 13.2. The molecule has 0 aliphatic carbocycles. The van der Waals surface area contributed by atoms with Crippen molar-refractivity contribution >= 4 is 26.9 Å². The maximum absolute atomic E-state index is 16.6. The van der Waals surface area contributed by atoms with Crippen molar-refractivity contribution in [3.63, 3.8) is 0 Å². The first-order chi connectivity index (χ1) is 29.6. The van der Waals surface area contributed by atoms with E-state index in [-0.39, 0.29) is 69.8 Å². The highest BCUT2D eigenvalue weighted by atomic mass is 32.2. The second-order valence-electron chi connectivity index (χ2n) is 16.8. The van der Waals surface area contributed by atoms with E-state index in [1.807, 2.05) is 25.1 Å². The van der Waals surface area contributed by atoms with Crippen molar-refractivity contribution in [2.45, 2.75) is 70.7 Å². The van der Waals surface area contributed by atoms with Crippen LogP contribution in [0.5, 0.6) is 17.4 Å². The van der Waals surface area contributed by atoms with Crippen LogP contribution in [-0.2, 0) is 45.0 Å². The molecule has 4 aromatic carbocycles. The molecular formula is C46H47F2N7O6S. The summed E-state index contributed by atoms with van der Waals surface area (Å²) >= 11 is 0. The predicted molar refractivity (Wildman–Crippen MR) is 227 cm³/mol. The van der Waals surface area contributed by atoms with Crippen molar-refractivity contribution in [1.29, 1.82) is 0 Å². The van der Waals surface area contributed by atoms with E-state index in [1.165, 1.54) is 45.9 Å². The smallest absolute Gasteiger partial charge is 0.308 e. The molecule has 3 aromatic heterocycles. The second kappa shape index (κ2) is 16.5. The lowest BCUT2D eigenvalue weighted by atomic mass is 9.73. The minimum atomic E-state index is -4.12. The first kappa shape index (κ1) is 42.3. The summed E-state index contributed by atoms with van der Waals surface area (Å²) < 4.78 is 82.0. The van der Waals surface area contributed by atoms with Gasteiger partial charge in [-0.05, 0) is 86.1 Å². The Balaban J connectivity index is 1.25. The van der Waals surface area contributed by atoms with Crippen LogP contribution in [0, 0.1) is 23.0 Å². The molecule has 0 N–H and O–H groups in total. The highest BCUT2D eigenvalue weighted by molar-refractivity contribution is 7.90. The lowest BCUT2D eigenvalue weighted by Gasteiger charge is -2.32. The minimum Gasteiger partial charge on any atom is -0.475 e. The van der Waals surface area contributed by atoms with Crippen molar-refractivity contribution < 1.29 is 36.2 Å². The van der Waals surface area contributed by atoms with Gasteiger partial charge in [0.2, 0.25) is 0 Å². The molecule has 13 nitrogen and oxygen atoms in total. The van der Waals surface area contributed by atoms with Crippen LogP contribution < -0.4 is 9.47 Å². The first-order valence-electron chi connectivity index (χ1n) is 20.4. The van der Waals surface area contributed by atoms with Gasteiger partial charge in [0, 0.05) is 30.3 Å². The Morgan fingerprint density at radius 2 is 1.76 bits per heavy atom. The van der Waals surface area contributed by atoms with Gasteiger partial charge < -0.3 is 14.2 Å². The molecule has 6 bridgehead atoms. The largest absolute Gasteiger partial charge is 0.475 e. The van der Waals surface area contributed by atoms with Crippen molar-refractivity contribution in [1.82, 2.24) is 33.7 Å². The van der Waals surface area contributed by atoms with Crippen molar-refractivity contribution in [2.75, 3.05) is 13.2 Å². The number of carbonyl (C=O) groups excluding carboxylic acids is 1. The molecule has 0 spiro atoms. The van der Waals surface area contributed by atoms with Gasteiger partial charge >= 0.3 is 5.97 Å². The predicted octanol–water partition coefficient (Wildman–Crippen LogP) is 8.63. The molecule has 0 fully saturated rings. The maximum atomic E-state index is 16.6. The third-order valence-electron chi connectivity index (χ3n) is 11.5. The number of aryl methyl sites for hydroxylation is 1. The average Bonchev–Trinajstić information content (AvgIpc) is 4.00. The minimum absolute atomic E-state index is 0.0324. The van der Waals surface area contributed by atoms with E-state index in [0.29, 0.717) is 37.1 Å². The molecule has 0 saturated heterocycles. The number of aromatic nitrogens is 7. The molecule has 16 heteroatoms. The van der Waals surface area contributed by atoms with Gasteiger partial charge in [-0.3, -0.25) is 4.79 Å². The zero-order valence-corrected chi connectivity index (χ0v) is 36.1. The van der Waals surface area contributed by atoms with E-state index in [1.54, 1.807) is 44.4 Å². The number of halogens is 2. The summed E-state index contributed by atoms with van der Waals surface area (Å²) in [7, 11) is -2.43. The molecule has 2 atom stereocenters. The molecule has 8 rings (SSSR count). The second-order valence-corrected chi connectivity index (χ2v) is 18.6. The molecule has 0 radical (unpaired) electrons. The normalized spacial score (nSPS) is 17.2. The van der Waals surface area contributed by atoms with E-state index in [9.17, 15) is 13.2 Å². The van der Waals surface area contributed by atoms with E-state index in [2.05, 4.69) is 37.1 Å². The zero-order valence-electron chi connectivity index (χ0n) is 35.3. The lowest BCUT2D eigenvalue weighted by Crippen LogP contribution is -2.30. The Hall–Kier alpha value is -6.42. The third kappa shape index (κ3) is 8.18. The number of nitrogens with zero attached hydrogens (tertiary/aromatic N) is 7. The summed E-state index contributed by atoms with van der Waals surface area (Å²) in [6, 6.07) is 22.6. The number of carbonyl (C=O) groups is 1. The van der Waals surface area contributed by atoms with Crippen molar-refractivity contribution in [3.8, 4) is 28.8 Å². The quantitative estimate of drug-likeness (QED) is 0.143. The molecule has 1 aliphatic heterocycles. The highest BCUT2D eigenvalue weighted by Crippen LogP contribution is 2.42.